The number of carbonyl (C=O) groups is 1. The van der Waals surface area contributed by atoms with Crippen molar-refractivity contribution in [1.29, 1.82) is 0 Å². The fourth-order valence-corrected chi connectivity index (χ4v) is 4.35. The predicted octanol–water partition coefficient (Wildman–Crippen LogP) is 4.59. The zero-order valence-electron chi connectivity index (χ0n) is 16.9. The van der Waals surface area contributed by atoms with Gasteiger partial charge in [-0.1, -0.05) is 84.9 Å². The van der Waals surface area contributed by atoms with E-state index in [0.717, 1.165) is 17.7 Å². The third-order valence-electron chi connectivity index (χ3n) is 5.95. The molecule has 28 heavy (non-hydrogen) atoms. The number of likely N-dealkylation sites (tertiary alicyclic amines) is 1. The summed E-state index contributed by atoms with van der Waals surface area (Å²) >= 11 is 0. The third-order valence-corrected chi connectivity index (χ3v) is 5.95. The van der Waals surface area contributed by atoms with Gasteiger partial charge in [0.05, 0.1) is 12.1 Å². The van der Waals surface area contributed by atoms with Gasteiger partial charge in [0.2, 0.25) is 0 Å². The second kappa shape index (κ2) is 7.37. The molecule has 0 aromatic heterocycles. The Labute approximate surface area is 167 Å². The minimum Gasteiger partial charge on any atom is -0.323 e. The summed E-state index contributed by atoms with van der Waals surface area (Å²) in [7, 11) is 0. The van der Waals surface area contributed by atoms with Crippen LogP contribution in [0.25, 0.3) is 11.1 Å². The maximum absolute atomic E-state index is 13.3. The van der Waals surface area contributed by atoms with E-state index in [1.165, 1.54) is 16.0 Å². The van der Waals surface area contributed by atoms with Crippen molar-refractivity contribution in [3.63, 3.8) is 0 Å². The summed E-state index contributed by atoms with van der Waals surface area (Å²) in [6.45, 7) is 7.66. The smallest absolute Gasteiger partial charge is 0.178 e. The van der Waals surface area contributed by atoms with Crippen LogP contribution >= 0.6 is 0 Å². The van der Waals surface area contributed by atoms with Gasteiger partial charge < -0.3 is 4.90 Å². The molecule has 3 aromatic carbocycles. The first-order chi connectivity index (χ1) is 13.4. The van der Waals surface area contributed by atoms with Crippen molar-refractivity contribution in [2.24, 2.45) is 5.92 Å². The quantitative estimate of drug-likeness (QED) is 0.667. The van der Waals surface area contributed by atoms with Gasteiger partial charge in [-0.15, -0.1) is 0 Å². The number of nitrogens with one attached hydrogen (secondary N) is 1. The normalized spacial score (nSPS) is 21.8. The summed E-state index contributed by atoms with van der Waals surface area (Å²) < 4.78 is 0. The monoisotopic (exact) mass is 370 g/mol. The van der Waals surface area contributed by atoms with E-state index < -0.39 is 0 Å². The van der Waals surface area contributed by atoms with E-state index in [0.29, 0.717) is 0 Å². The van der Waals surface area contributed by atoms with Crippen LogP contribution in [0.4, 0.5) is 0 Å². The highest BCUT2D eigenvalue weighted by atomic mass is 16.1. The fourth-order valence-electron chi connectivity index (χ4n) is 4.35. The van der Waals surface area contributed by atoms with Crippen LogP contribution in [0.5, 0.6) is 0 Å². The van der Waals surface area contributed by atoms with Crippen LogP contribution in [0.2, 0.25) is 0 Å². The molecule has 0 radical (unpaired) electrons. The van der Waals surface area contributed by atoms with Crippen LogP contribution in [0.15, 0.2) is 84.9 Å². The average Bonchev–Trinajstić information content (AvgIpc) is 2.68. The number of quaternary nitrogens is 1. The molecule has 0 aliphatic carbocycles. The molecule has 0 spiro atoms. The molecule has 1 heterocycles. The second-order valence-corrected chi connectivity index (χ2v) is 8.78. The SMILES string of the molecule is CC(C)(C)[NH+]1C[C@@H](C(=O)c2ccc(-c3ccccc3)cc2)[C@@H]1c1ccccc1. The van der Waals surface area contributed by atoms with E-state index in [1.54, 1.807) is 0 Å². The van der Waals surface area contributed by atoms with Gasteiger partial charge in [-0.2, -0.15) is 0 Å². The summed E-state index contributed by atoms with van der Waals surface area (Å²) in [6, 6.07) is 29.1. The van der Waals surface area contributed by atoms with Crippen molar-refractivity contribution in [3.05, 3.63) is 96.1 Å². The zero-order valence-corrected chi connectivity index (χ0v) is 16.9. The van der Waals surface area contributed by atoms with Crippen molar-refractivity contribution in [2.45, 2.75) is 32.4 Å². The molecular formula is C26H28NO+. The van der Waals surface area contributed by atoms with Gasteiger partial charge in [0.1, 0.15) is 12.0 Å². The van der Waals surface area contributed by atoms with E-state index in [-0.39, 0.29) is 23.3 Å². The maximum atomic E-state index is 13.3. The van der Waals surface area contributed by atoms with E-state index in [2.05, 4.69) is 69.3 Å². The minimum atomic E-state index is 0.0409. The first-order valence-electron chi connectivity index (χ1n) is 10.1. The molecule has 1 aliphatic rings. The number of hydrogen-bond donors (Lipinski definition) is 1. The average molecular weight is 371 g/mol. The molecule has 0 amide bonds. The fraction of sp³-hybridized carbons (Fsp3) is 0.269. The van der Waals surface area contributed by atoms with Crippen LogP contribution in [0.3, 0.4) is 0 Å². The lowest BCUT2D eigenvalue weighted by Crippen LogP contribution is -3.26. The molecule has 3 atom stereocenters. The molecule has 1 fully saturated rings. The third kappa shape index (κ3) is 3.53. The van der Waals surface area contributed by atoms with Gasteiger partial charge in [0.15, 0.2) is 5.78 Å². The maximum Gasteiger partial charge on any atom is 0.178 e. The summed E-state index contributed by atoms with van der Waals surface area (Å²) in [4.78, 5) is 14.8. The molecule has 0 saturated carbocycles. The van der Waals surface area contributed by atoms with Crippen LogP contribution in [-0.2, 0) is 0 Å². The Morgan fingerprint density at radius 2 is 1.32 bits per heavy atom. The highest BCUT2D eigenvalue weighted by Gasteiger charge is 2.53. The lowest BCUT2D eigenvalue weighted by atomic mass is 9.75. The Balaban J connectivity index is 1.59. The molecule has 1 saturated heterocycles. The predicted molar refractivity (Wildman–Crippen MR) is 114 cm³/mol. The summed E-state index contributed by atoms with van der Waals surface area (Å²) in [5, 5.41) is 0. The Bertz CT molecular complexity index is 939. The number of hydrogen-bond acceptors (Lipinski definition) is 1. The number of benzene rings is 3. The number of Topliss-reactive ketones (excluding diaryl/α,β-unsaturated/α-hetero) is 1. The largest absolute Gasteiger partial charge is 0.323 e. The molecule has 1 N–H and O–H groups in total. The van der Waals surface area contributed by atoms with Crippen molar-refractivity contribution in [2.75, 3.05) is 6.54 Å². The van der Waals surface area contributed by atoms with Crippen molar-refractivity contribution in [3.8, 4) is 11.1 Å². The Morgan fingerprint density at radius 3 is 1.89 bits per heavy atom. The van der Waals surface area contributed by atoms with Crippen molar-refractivity contribution in [1.82, 2.24) is 0 Å². The molecule has 142 valence electrons. The standard InChI is InChI=1S/C26H27NO/c1-26(2,3)27-18-23(24(27)21-12-8-5-9-13-21)25(28)22-16-14-20(15-17-22)19-10-6-4-7-11-19/h4-17,23-24H,18H2,1-3H3/p+1/t23-,24+/m1/s1. The van der Waals surface area contributed by atoms with Crippen LogP contribution in [-0.4, -0.2) is 17.9 Å². The molecule has 2 nitrogen and oxygen atoms in total. The summed E-state index contributed by atoms with van der Waals surface area (Å²) in [6.07, 6.45) is 0. The van der Waals surface area contributed by atoms with E-state index in [4.69, 9.17) is 0 Å². The molecule has 4 rings (SSSR count). The first-order valence-corrected chi connectivity index (χ1v) is 10.1. The summed E-state index contributed by atoms with van der Waals surface area (Å²) in [5.74, 6) is 0.306. The van der Waals surface area contributed by atoms with Gasteiger partial charge in [-0.25, -0.2) is 0 Å². The summed E-state index contributed by atoms with van der Waals surface area (Å²) in [5.41, 5.74) is 4.52. The molecule has 3 aromatic rings. The van der Waals surface area contributed by atoms with Crippen LogP contribution < -0.4 is 4.90 Å². The van der Waals surface area contributed by atoms with Gasteiger partial charge in [-0.05, 0) is 31.9 Å². The Hall–Kier alpha value is -2.71. The van der Waals surface area contributed by atoms with E-state index in [1.807, 2.05) is 36.4 Å². The van der Waals surface area contributed by atoms with Crippen molar-refractivity contribution < 1.29 is 9.69 Å². The highest BCUT2D eigenvalue weighted by molar-refractivity contribution is 5.99. The second-order valence-electron chi connectivity index (χ2n) is 8.78. The van der Waals surface area contributed by atoms with Gasteiger partial charge in [0, 0.05) is 11.1 Å². The topological polar surface area (TPSA) is 21.5 Å². The Morgan fingerprint density at radius 1 is 0.786 bits per heavy atom. The molecule has 0 bridgehead atoms. The van der Waals surface area contributed by atoms with Gasteiger partial charge in [-0.3, -0.25) is 4.79 Å². The molecular weight excluding hydrogens is 342 g/mol. The first kappa shape index (κ1) is 18.6. The number of rotatable bonds is 4. The molecule has 2 heteroatoms. The zero-order chi connectivity index (χ0) is 19.7. The van der Waals surface area contributed by atoms with Crippen LogP contribution in [0, 0.1) is 5.92 Å². The highest BCUT2D eigenvalue weighted by Crippen LogP contribution is 2.30. The molecule has 1 aliphatic heterocycles. The number of ketones is 1. The Kier molecular flexibility index (Phi) is 4.91. The minimum absolute atomic E-state index is 0.0409. The van der Waals surface area contributed by atoms with E-state index in [9.17, 15) is 4.79 Å². The lowest BCUT2D eigenvalue weighted by molar-refractivity contribution is -1.02. The van der Waals surface area contributed by atoms with Crippen LogP contribution in [0.1, 0.15) is 42.7 Å². The van der Waals surface area contributed by atoms with Crippen molar-refractivity contribution >= 4 is 5.78 Å². The lowest BCUT2D eigenvalue weighted by Gasteiger charge is -2.50. The number of carbonyl (C=O) groups excluding carboxylic acids is 1. The molecule has 1 unspecified atom stereocenters. The van der Waals surface area contributed by atoms with Gasteiger partial charge >= 0.3 is 0 Å². The van der Waals surface area contributed by atoms with E-state index >= 15 is 0 Å². The van der Waals surface area contributed by atoms with Gasteiger partial charge in [0.25, 0.3) is 0 Å².